The molecule has 1 fully saturated rings. The van der Waals surface area contributed by atoms with E-state index in [0.29, 0.717) is 0 Å². The Morgan fingerprint density at radius 1 is 0.812 bits per heavy atom. The highest BCUT2D eigenvalue weighted by Crippen LogP contribution is 2.58. The highest BCUT2D eigenvalue weighted by atomic mass is 16.3. The molecular formula is C30H25NO. The van der Waals surface area contributed by atoms with Crippen molar-refractivity contribution >= 4 is 21.9 Å². The van der Waals surface area contributed by atoms with Crippen molar-refractivity contribution in [3.63, 3.8) is 0 Å². The first-order valence-electron chi connectivity index (χ1n) is 11.7. The molecular weight excluding hydrogens is 390 g/mol. The zero-order valence-electron chi connectivity index (χ0n) is 18.5. The van der Waals surface area contributed by atoms with Gasteiger partial charge in [0, 0.05) is 27.9 Å². The number of aromatic nitrogens is 1. The fraction of sp³-hybridized carbons (Fsp3) is 0.233. The highest BCUT2D eigenvalue weighted by molar-refractivity contribution is 6.11. The molecule has 2 heterocycles. The number of furan rings is 1. The van der Waals surface area contributed by atoms with E-state index < -0.39 is 0 Å². The predicted octanol–water partition coefficient (Wildman–Crippen LogP) is 8.11. The molecule has 2 aliphatic rings. The fourth-order valence-corrected chi connectivity index (χ4v) is 6.33. The van der Waals surface area contributed by atoms with E-state index in [4.69, 9.17) is 9.40 Å². The lowest BCUT2D eigenvalue weighted by Gasteiger charge is -2.26. The first-order chi connectivity index (χ1) is 15.7. The molecule has 1 saturated carbocycles. The average molecular weight is 416 g/mol. The highest BCUT2D eigenvalue weighted by Gasteiger charge is 2.45. The van der Waals surface area contributed by atoms with Gasteiger partial charge in [0.1, 0.15) is 11.2 Å². The minimum Gasteiger partial charge on any atom is -0.455 e. The van der Waals surface area contributed by atoms with Gasteiger partial charge < -0.3 is 4.42 Å². The summed E-state index contributed by atoms with van der Waals surface area (Å²) in [6, 6.07) is 22.4. The van der Waals surface area contributed by atoms with Crippen molar-refractivity contribution in [2.24, 2.45) is 0 Å². The zero-order valence-corrected chi connectivity index (χ0v) is 18.5. The summed E-state index contributed by atoms with van der Waals surface area (Å²) in [5.41, 5.74) is 12.3. The number of benzene rings is 3. The number of pyridine rings is 1. The van der Waals surface area contributed by atoms with Gasteiger partial charge in [-0.05, 0) is 78.3 Å². The Labute approximate surface area is 187 Å². The van der Waals surface area contributed by atoms with E-state index in [1.165, 1.54) is 69.8 Å². The van der Waals surface area contributed by atoms with Crippen LogP contribution in [0.25, 0.3) is 44.3 Å². The van der Waals surface area contributed by atoms with Crippen LogP contribution in [0.15, 0.2) is 71.3 Å². The summed E-state index contributed by atoms with van der Waals surface area (Å²) in [4.78, 5) is 4.72. The first kappa shape index (κ1) is 18.2. The van der Waals surface area contributed by atoms with E-state index in [1.807, 2.05) is 6.20 Å². The van der Waals surface area contributed by atoms with E-state index in [9.17, 15) is 0 Å². The standard InChI is InChI=1S/C30H25NO/c1-18-9-12-26(31-17-18)28-19(2)10-11-21-23-15-25-22(16-27(23)32-29(21)28)20-7-3-4-8-24(20)30(25)13-5-6-14-30/h3-4,7-12,15-17H,5-6,13-14H2,1-2H3. The molecule has 1 spiro atoms. The third-order valence-corrected chi connectivity index (χ3v) is 7.86. The molecule has 0 unspecified atom stereocenters. The Kier molecular flexibility index (Phi) is 3.60. The Balaban J connectivity index is 1.55. The van der Waals surface area contributed by atoms with Gasteiger partial charge in [0.05, 0.1) is 5.69 Å². The lowest BCUT2D eigenvalue weighted by molar-refractivity contribution is 0.550. The van der Waals surface area contributed by atoms with Crippen LogP contribution >= 0.6 is 0 Å². The topological polar surface area (TPSA) is 26.0 Å². The van der Waals surface area contributed by atoms with Crippen LogP contribution in [0.3, 0.4) is 0 Å². The van der Waals surface area contributed by atoms with E-state index in [0.717, 1.165) is 22.4 Å². The monoisotopic (exact) mass is 415 g/mol. The van der Waals surface area contributed by atoms with E-state index in [1.54, 1.807) is 0 Å². The summed E-state index contributed by atoms with van der Waals surface area (Å²) in [6.45, 7) is 4.22. The quantitative estimate of drug-likeness (QED) is 0.276. The van der Waals surface area contributed by atoms with Crippen LogP contribution in [0.1, 0.15) is 47.9 Å². The Bertz CT molecular complexity index is 1530. The van der Waals surface area contributed by atoms with Crippen LogP contribution in [-0.2, 0) is 5.41 Å². The molecule has 2 aliphatic carbocycles. The first-order valence-corrected chi connectivity index (χ1v) is 11.7. The molecule has 0 radical (unpaired) electrons. The minimum absolute atomic E-state index is 0.176. The molecule has 0 amide bonds. The third-order valence-electron chi connectivity index (χ3n) is 7.86. The summed E-state index contributed by atoms with van der Waals surface area (Å²) < 4.78 is 6.60. The van der Waals surface area contributed by atoms with Gasteiger partial charge in [0.2, 0.25) is 0 Å². The van der Waals surface area contributed by atoms with Crippen molar-refractivity contribution in [3.8, 4) is 22.4 Å². The van der Waals surface area contributed by atoms with Crippen LogP contribution in [0.2, 0.25) is 0 Å². The average Bonchev–Trinajstić information content (AvgIpc) is 3.50. The number of nitrogens with zero attached hydrogens (tertiary/aromatic N) is 1. The molecule has 156 valence electrons. The van der Waals surface area contributed by atoms with Crippen LogP contribution in [0, 0.1) is 13.8 Å². The van der Waals surface area contributed by atoms with Crippen molar-refractivity contribution in [1.82, 2.24) is 4.98 Å². The van der Waals surface area contributed by atoms with Gasteiger partial charge in [-0.3, -0.25) is 4.98 Å². The molecule has 0 bridgehead atoms. The molecule has 2 heteroatoms. The fourth-order valence-electron chi connectivity index (χ4n) is 6.33. The molecule has 3 aromatic carbocycles. The lowest BCUT2D eigenvalue weighted by Crippen LogP contribution is -2.20. The molecule has 7 rings (SSSR count). The van der Waals surface area contributed by atoms with E-state index in [-0.39, 0.29) is 5.41 Å². The SMILES string of the molecule is Cc1ccc(-c2c(C)ccc3c2oc2cc4c(cc23)C2(CCCC2)c2ccccc2-4)nc1. The molecule has 0 saturated heterocycles. The number of aryl methyl sites for hydroxylation is 2. The van der Waals surface area contributed by atoms with Crippen molar-refractivity contribution in [2.45, 2.75) is 44.9 Å². The Morgan fingerprint density at radius 2 is 1.66 bits per heavy atom. The van der Waals surface area contributed by atoms with Crippen LogP contribution in [0.5, 0.6) is 0 Å². The van der Waals surface area contributed by atoms with Gasteiger partial charge in [0.25, 0.3) is 0 Å². The van der Waals surface area contributed by atoms with Gasteiger partial charge in [-0.1, -0.05) is 55.3 Å². The summed E-state index contributed by atoms with van der Waals surface area (Å²) in [5, 5.41) is 2.42. The van der Waals surface area contributed by atoms with Crippen LogP contribution in [0.4, 0.5) is 0 Å². The van der Waals surface area contributed by atoms with Gasteiger partial charge >= 0.3 is 0 Å². The van der Waals surface area contributed by atoms with Crippen LogP contribution in [-0.4, -0.2) is 4.98 Å². The summed E-state index contributed by atoms with van der Waals surface area (Å²) >= 11 is 0. The normalized spacial score (nSPS) is 16.2. The predicted molar refractivity (Wildman–Crippen MR) is 131 cm³/mol. The lowest BCUT2D eigenvalue weighted by atomic mass is 9.76. The third kappa shape index (κ3) is 2.27. The Hall–Kier alpha value is -3.39. The number of hydrogen-bond donors (Lipinski definition) is 0. The van der Waals surface area contributed by atoms with Gasteiger partial charge in [-0.25, -0.2) is 0 Å². The van der Waals surface area contributed by atoms with Gasteiger partial charge in [-0.2, -0.15) is 0 Å². The molecule has 0 atom stereocenters. The second-order valence-corrected chi connectivity index (χ2v) is 9.69. The van der Waals surface area contributed by atoms with E-state index >= 15 is 0 Å². The number of hydrogen-bond acceptors (Lipinski definition) is 2. The second kappa shape index (κ2) is 6.32. The number of fused-ring (bicyclic) bond motifs is 8. The summed E-state index contributed by atoms with van der Waals surface area (Å²) in [5.74, 6) is 0. The van der Waals surface area contributed by atoms with Crippen molar-refractivity contribution < 1.29 is 4.42 Å². The molecule has 5 aromatic rings. The van der Waals surface area contributed by atoms with Crippen molar-refractivity contribution in [1.29, 1.82) is 0 Å². The molecule has 2 nitrogen and oxygen atoms in total. The smallest absolute Gasteiger partial charge is 0.145 e. The minimum atomic E-state index is 0.176. The maximum atomic E-state index is 6.60. The molecule has 0 N–H and O–H groups in total. The Morgan fingerprint density at radius 3 is 2.47 bits per heavy atom. The van der Waals surface area contributed by atoms with E-state index in [2.05, 4.69) is 74.5 Å². The van der Waals surface area contributed by atoms with Gasteiger partial charge in [0.15, 0.2) is 0 Å². The van der Waals surface area contributed by atoms with Crippen molar-refractivity contribution in [3.05, 3.63) is 89.1 Å². The maximum Gasteiger partial charge on any atom is 0.145 e. The summed E-state index contributed by atoms with van der Waals surface area (Å²) in [7, 11) is 0. The summed E-state index contributed by atoms with van der Waals surface area (Å²) in [6.07, 6.45) is 7.04. The maximum absolute atomic E-state index is 6.60. The molecule has 32 heavy (non-hydrogen) atoms. The molecule has 2 aromatic heterocycles. The zero-order chi connectivity index (χ0) is 21.4. The van der Waals surface area contributed by atoms with Crippen molar-refractivity contribution in [2.75, 3.05) is 0 Å². The number of rotatable bonds is 1. The van der Waals surface area contributed by atoms with Gasteiger partial charge in [-0.15, -0.1) is 0 Å². The molecule has 0 aliphatic heterocycles. The second-order valence-electron chi connectivity index (χ2n) is 9.69. The largest absolute Gasteiger partial charge is 0.455 e. The van der Waals surface area contributed by atoms with Crippen LogP contribution < -0.4 is 0 Å².